The molecular weight excluding hydrogens is 364 g/mol. The van der Waals surface area contributed by atoms with Crippen molar-refractivity contribution in [1.82, 2.24) is 0 Å². The van der Waals surface area contributed by atoms with Gasteiger partial charge in [0.15, 0.2) is 0 Å². The van der Waals surface area contributed by atoms with Crippen LogP contribution in [0, 0.1) is 0 Å². The summed E-state index contributed by atoms with van der Waals surface area (Å²) in [6.07, 6.45) is 0. The first-order chi connectivity index (χ1) is 14.5. The van der Waals surface area contributed by atoms with Crippen LogP contribution < -0.4 is 4.74 Å². The van der Waals surface area contributed by atoms with E-state index in [1.165, 1.54) is 38.9 Å². The van der Waals surface area contributed by atoms with Crippen molar-refractivity contribution in [2.24, 2.45) is 0 Å². The summed E-state index contributed by atoms with van der Waals surface area (Å²) in [5.41, 5.74) is 8.95. The first kappa shape index (κ1) is 17.5. The Kier molecular flexibility index (Phi) is 3.42. The van der Waals surface area contributed by atoms with Crippen molar-refractivity contribution in [2.75, 3.05) is 0 Å². The van der Waals surface area contributed by atoms with Crippen molar-refractivity contribution in [3.63, 3.8) is 0 Å². The van der Waals surface area contributed by atoms with E-state index in [2.05, 4.69) is 112 Å². The van der Waals surface area contributed by atoms with Gasteiger partial charge in [0.25, 0.3) is 0 Å². The second kappa shape index (κ2) is 5.86. The molecule has 6 rings (SSSR count). The Morgan fingerprint density at radius 3 is 1.73 bits per heavy atom. The molecule has 0 aromatic heterocycles. The summed E-state index contributed by atoms with van der Waals surface area (Å²) in [5.74, 6) is 1.89. The van der Waals surface area contributed by atoms with Crippen molar-refractivity contribution < 1.29 is 4.74 Å². The summed E-state index contributed by atoms with van der Waals surface area (Å²) in [7, 11) is 0. The smallest absolute Gasteiger partial charge is 0.132 e. The van der Waals surface area contributed by atoms with Gasteiger partial charge in [-0.15, -0.1) is 0 Å². The molecule has 0 N–H and O–H groups in total. The first-order valence-electron chi connectivity index (χ1n) is 10.6. The summed E-state index contributed by atoms with van der Waals surface area (Å²) in [6, 6.07) is 32.8. The van der Waals surface area contributed by atoms with Gasteiger partial charge in [0.2, 0.25) is 0 Å². The highest BCUT2D eigenvalue weighted by molar-refractivity contribution is 5.90. The number of para-hydroxylation sites is 2. The molecule has 1 heteroatoms. The maximum atomic E-state index is 6.39. The highest BCUT2D eigenvalue weighted by Crippen LogP contribution is 2.62. The normalized spacial score (nSPS) is 15.0. The lowest BCUT2D eigenvalue weighted by atomic mass is 9.66. The Hall–Kier alpha value is -3.32. The molecule has 0 atom stereocenters. The van der Waals surface area contributed by atoms with Crippen molar-refractivity contribution in [1.29, 1.82) is 0 Å². The molecule has 4 aromatic carbocycles. The maximum absolute atomic E-state index is 6.39. The fourth-order valence-electron chi connectivity index (χ4n) is 5.53. The van der Waals surface area contributed by atoms with Gasteiger partial charge in [-0.1, -0.05) is 99.6 Å². The Morgan fingerprint density at radius 1 is 0.567 bits per heavy atom. The number of rotatable bonds is 0. The summed E-state index contributed by atoms with van der Waals surface area (Å²) in [5, 5.41) is 0. The third-order valence-electron chi connectivity index (χ3n) is 6.68. The predicted molar refractivity (Wildman–Crippen MR) is 123 cm³/mol. The molecule has 1 nitrogen and oxygen atoms in total. The van der Waals surface area contributed by atoms with Crippen LogP contribution in [-0.4, -0.2) is 0 Å². The van der Waals surface area contributed by atoms with E-state index in [-0.39, 0.29) is 10.8 Å². The van der Waals surface area contributed by atoms with E-state index in [1.807, 2.05) is 0 Å². The van der Waals surface area contributed by atoms with E-state index in [9.17, 15) is 0 Å². The molecule has 0 saturated heterocycles. The highest BCUT2D eigenvalue weighted by atomic mass is 16.5. The summed E-state index contributed by atoms with van der Waals surface area (Å²) in [4.78, 5) is 0. The van der Waals surface area contributed by atoms with Crippen LogP contribution in [0.2, 0.25) is 0 Å². The lowest BCUT2D eigenvalue weighted by Crippen LogP contribution is -2.32. The van der Waals surface area contributed by atoms with E-state index < -0.39 is 0 Å². The monoisotopic (exact) mass is 388 g/mol. The third kappa shape index (κ3) is 2.07. The average molecular weight is 389 g/mol. The fourth-order valence-corrected chi connectivity index (χ4v) is 5.53. The van der Waals surface area contributed by atoms with E-state index in [0.717, 1.165) is 11.5 Å². The van der Waals surface area contributed by atoms with Gasteiger partial charge < -0.3 is 4.74 Å². The molecule has 0 unspecified atom stereocenters. The molecule has 0 amide bonds. The number of fused-ring (bicyclic) bond motifs is 9. The molecule has 146 valence electrons. The van der Waals surface area contributed by atoms with Gasteiger partial charge in [0, 0.05) is 11.1 Å². The van der Waals surface area contributed by atoms with Crippen LogP contribution in [0.4, 0.5) is 0 Å². The molecule has 2 aliphatic rings. The van der Waals surface area contributed by atoms with Crippen LogP contribution in [0.15, 0.2) is 91.0 Å². The Bertz CT molecular complexity index is 1260. The number of hydrogen-bond donors (Lipinski definition) is 0. The average Bonchev–Trinajstić information content (AvgIpc) is 3.05. The zero-order chi connectivity index (χ0) is 20.5. The Balaban J connectivity index is 1.85. The highest BCUT2D eigenvalue weighted by Gasteiger charge is 2.51. The van der Waals surface area contributed by atoms with Crippen LogP contribution in [-0.2, 0) is 10.8 Å². The lowest BCUT2D eigenvalue weighted by Gasteiger charge is -2.39. The van der Waals surface area contributed by atoms with Crippen LogP contribution in [0.1, 0.15) is 48.6 Å². The Morgan fingerprint density at radius 2 is 1.10 bits per heavy atom. The minimum Gasteiger partial charge on any atom is -0.457 e. The van der Waals surface area contributed by atoms with Crippen molar-refractivity contribution in [3.05, 3.63) is 119 Å². The number of hydrogen-bond acceptors (Lipinski definition) is 1. The minimum absolute atomic E-state index is 0.0498. The minimum atomic E-state index is -0.362. The molecule has 0 saturated carbocycles. The maximum Gasteiger partial charge on any atom is 0.132 e. The van der Waals surface area contributed by atoms with Crippen molar-refractivity contribution in [2.45, 2.75) is 31.6 Å². The molecule has 0 bridgehead atoms. The number of ether oxygens (including phenoxy) is 1. The van der Waals surface area contributed by atoms with Gasteiger partial charge in [-0.2, -0.15) is 0 Å². The van der Waals surface area contributed by atoms with Crippen molar-refractivity contribution in [3.8, 4) is 22.6 Å². The zero-order valence-corrected chi connectivity index (χ0v) is 17.6. The molecule has 0 fully saturated rings. The topological polar surface area (TPSA) is 9.23 Å². The third-order valence-corrected chi connectivity index (χ3v) is 6.68. The summed E-state index contributed by atoms with van der Waals surface area (Å²) >= 11 is 0. The van der Waals surface area contributed by atoms with E-state index in [4.69, 9.17) is 4.74 Å². The largest absolute Gasteiger partial charge is 0.457 e. The second-order valence-electron chi connectivity index (χ2n) is 9.37. The molecule has 1 heterocycles. The summed E-state index contributed by atoms with van der Waals surface area (Å²) in [6.45, 7) is 6.92. The lowest BCUT2D eigenvalue weighted by molar-refractivity contribution is 0.436. The van der Waals surface area contributed by atoms with Crippen LogP contribution >= 0.6 is 0 Å². The van der Waals surface area contributed by atoms with Crippen LogP contribution in [0.25, 0.3) is 11.1 Å². The molecule has 1 aliphatic heterocycles. The standard InChI is InChI=1S/C29H24O/c1-28(2,3)23-15-10-16-24-27(23)19-11-4-5-12-20(19)29(24)21-13-6-8-17-25(21)30-26-18-9-7-14-22(26)29/h4-18H,1-3H3. The van der Waals surface area contributed by atoms with Gasteiger partial charge in [-0.05, 0) is 45.4 Å². The molecule has 4 aromatic rings. The predicted octanol–water partition coefficient (Wildman–Crippen LogP) is 7.45. The molecule has 1 spiro atoms. The zero-order valence-electron chi connectivity index (χ0n) is 17.6. The van der Waals surface area contributed by atoms with Crippen molar-refractivity contribution >= 4 is 0 Å². The van der Waals surface area contributed by atoms with E-state index in [0.29, 0.717) is 0 Å². The first-order valence-corrected chi connectivity index (χ1v) is 10.6. The number of benzene rings is 4. The van der Waals surface area contributed by atoms with E-state index >= 15 is 0 Å². The fraction of sp³-hybridized carbons (Fsp3) is 0.172. The van der Waals surface area contributed by atoms with Gasteiger partial charge in [-0.3, -0.25) is 0 Å². The van der Waals surface area contributed by atoms with E-state index in [1.54, 1.807) is 0 Å². The molecule has 30 heavy (non-hydrogen) atoms. The molecular formula is C29H24O. The second-order valence-corrected chi connectivity index (χ2v) is 9.37. The van der Waals surface area contributed by atoms with Gasteiger partial charge in [-0.25, -0.2) is 0 Å². The van der Waals surface area contributed by atoms with Crippen LogP contribution in [0.5, 0.6) is 11.5 Å². The molecule has 0 radical (unpaired) electrons. The Labute approximate surface area is 178 Å². The van der Waals surface area contributed by atoms with Gasteiger partial charge in [0.05, 0.1) is 5.41 Å². The van der Waals surface area contributed by atoms with Gasteiger partial charge >= 0.3 is 0 Å². The summed E-state index contributed by atoms with van der Waals surface area (Å²) < 4.78 is 6.39. The quantitative estimate of drug-likeness (QED) is 0.262. The van der Waals surface area contributed by atoms with Crippen LogP contribution in [0.3, 0.4) is 0 Å². The van der Waals surface area contributed by atoms with Gasteiger partial charge in [0.1, 0.15) is 11.5 Å². The SMILES string of the molecule is CC(C)(C)c1cccc2c1-c1ccccc1C21c2ccccc2Oc2ccccc21. The molecule has 1 aliphatic carbocycles.